The summed E-state index contributed by atoms with van der Waals surface area (Å²) < 4.78 is 0. The maximum Gasteiger partial charge on any atom is 0.217 e. The first kappa shape index (κ1) is 11.7. The Labute approximate surface area is 107 Å². The van der Waals surface area contributed by atoms with Crippen molar-refractivity contribution in [2.75, 3.05) is 0 Å². The molecule has 0 aromatic heterocycles. The van der Waals surface area contributed by atoms with Gasteiger partial charge in [0.05, 0.1) is 5.60 Å². The topological polar surface area (TPSA) is 49.3 Å². The van der Waals surface area contributed by atoms with Gasteiger partial charge >= 0.3 is 0 Å². The smallest absolute Gasteiger partial charge is 0.217 e. The molecule has 0 bridgehead atoms. The molecule has 0 aliphatic heterocycles. The van der Waals surface area contributed by atoms with Gasteiger partial charge in [0.15, 0.2) is 0 Å². The van der Waals surface area contributed by atoms with E-state index in [1.54, 1.807) is 6.92 Å². The van der Waals surface area contributed by atoms with Gasteiger partial charge in [-0.05, 0) is 48.8 Å². The first-order valence-electron chi connectivity index (χ1n) is 6.69. The lowest BCUT2D eigenvalue weighted by Gasteiger charge is -2.37. The molecule has 1 aromatic rings. The van der Waals surface area contributed by atoms with Crippen molar-refractivity contribution in [2.24, 2.45) is 0 Å². The molecule has 0 saturated heterocycles. The summed E-state index contributed by atoms with van der Waals surface area (Å²) in [6.07, 6.45) is 4.66. The lowest BCUT2D eigenvalue weighted by Crippen LogP contribution is -2.33. The van der Waals surface area contributed by atoms with Crippen molar-refractivity contribution in [3.63, 3.8) is 0 Å². The molecule has 3 rings (SSSR count). The van der Waals surface area contributed by atoms with Crippen LogP contribution in [0.25, 0.3) is 0 Å². The van der Waals surface area contributed by atoms with E-state index < -0.39 is 5.60 Å². The zero-order chi connectivity index (χ0) is 12.8. The van der Waals surface area contributed by atoms with Gasteiger partial charge in [0.2, 0.25) is 5.91 Å². The average molecular weight is 245 g/mol. The standard InChI is InChI=1S/C15H19NO2/c1-10(17)16-14-8-11-3-4-13(7-12(11)9-14)15(18)5-2-6-15/h3-4,7,14,18H,2,5-6,8-9H2,1H3,(H,16,17). The van der Waals surface area contributed by atoms with Crippen LogP contribution in [-0.4, -0.2) is 17.1 Å². The number of carbonyl (C=O) groups is 1. The number of fused-ring (bicyclic) bond motifs is 1. The molecule has 96 valence electrons. The highest BCUT2D eigenvalue weighted by atomic mass is 16.3. The summed E-state index contributed by atoms with van der Waals surface area (Å²) in [5, 5.41) is 13.3. The van der Waals surface area contributed by atoms with E-state index in [-0.39, 0.29) is 11.9 Å². The van der Waals surface area contributed by atoms with Crippen LogP contribution in [0, 0.1) is 0 Å². The molecule has 1 fully saturated rings. The molecular weight excluding hydrogens is 226 g/mol. The van der Waals surface area contributed by atoms with E-state index in [9.17, 15) is 9.90 Å². The van der Waals surface area contributed by atoms with Gasteiger partial charge in [-0.2, -0.15) is 0 Å². The second kappa shape index (κ2) is 4.09. The van der Waals surface area contributed by atoms with Crippen LogP contribution < -0.4 is 5.32 Å². The minimum absolute atomic E-state index is 0.0330. The van der Waals surface area contributed by atoms with E-state index in [0.717, 1.165) is 37.7 Å². The number of amides is 1. The molecule has 2 N–H and O–H groups in total. The zero-order valence-electron chi connectivity index (χ0n) is 10.7. The summed E-state index contributed by atoms with van der Waals surface area (Å²) in [6, 6.07) is 6.52. The maximum absolute atomic E-state index is 11.1. The van der Waals surface area contributed by atoms with E-state index in [4.69, 9.17) is 0 Å². The maximum atomic E-state index is 11.1. The highest BCUT2D eigenvalue weighted by molar-refractivity contribution is 5.73. The van der Waals surface area contributed by atoms with Gasteiger partial charge in [-0.25, -0.2) is 0 Å². The minimum atomic E-state index is -0.582. The molecular formula is C15H19NO2. The van der Waals surface area contributed by atoms with Gasteiger partial charge in [0.1, 0.15) is 0 Å². The Hall–Kier alpha value is -1.35. The minimum Gasteiger partial charge on any atom is -0.385 e. The fourth-order valence-corrected chi connectivity index (χ4v) is 3.10. The number of rotatable bonds is 2. The first-order chi connectivity index (χ1) is 8.57. The molecule has 2 aliphatic carbocycles. The fourth-order valence-electron chi connectivity index (χ4n) is 3.10. The molecule has 0 spiro atoms. The Morgan fingerprint density at radius 1 is 1.33 bits per heavy atom. The normalized spacial score (nSPS) is 24.2. The highest BCUT2D eigenvalue weighted by Gasteiger charge is 2.37. The van der Waals surface area contributed by atoms with E-state index in [0.29, 0.717) is 0 Å². The van der Waals surface area contributed by atoms with Crippen LogP contribution in [0.1, 0.15) is 42.9 Å². The summed E-state index contributed by atoms with van der Waals surface area (Å²) in [5.41, 5.74) is 3.06. The molecule has 1 atom stereocenters. The lowest BCUT2D eigenvalue weighted by molar-refractivity contribution is -0.119. The SMILES string of the molecule is CC(=O)NC1Cc2ccc(C3(O)CCC3)cc2C1. The van der Waals surface area contributed by atoms with Crippen LogP contribution >= 0.6 is 0 Å². The summed E-state index contributed by atoms with van der Waals surface area (Å²) in [4.78, 5) is 11.1. The molecule has 0 radical (unpaired) electrons. The summed E-state index contributed by atoms with van der Waals surface area (Å²) >= 11 is 0. The number of hydrogen-bond acceptors (Lipinski definition) is 2. The van der Waals surface area contributed by atoms with Crippen LogP contribution in [-0.2, 0) is 23.2 Å². The van der Waals surface area contributed by atoms with Crippen molar-refractivity contribution in [2.45, 2.75) is 50.7 Å². The predicted octanol–water partition coefficient (Wildman–Crippen LogP) is 1.66. The van der Waals surface area contributed by atoms with Crippen molar-refractivity contribution in [3.8, 4) is 0 Å². The third-order valence-electron chi connectivity index (χ3n) is 4.26. The third kappa shape index (κ3) is 1.93. The fraction of sp³-hybridized carbons (Fsp3) is 0.533. The van der Waals surface area contributed by atoms with E-state index >= 15 is 0 Å². The third-order valence-corrected chi connectivity index (χ3v) is 4.26. The number of aliphatic hydroxyl groups is 1. The van der Waals surface area contributed by atoms with Crippen LogP contribution in [0.2, 0.25) is 0 Å². The molecule has 0 heterocycles. The second-order valence-corrected chi connectivity index (χ2v) is 5.67. The Morgan fingerprint density at radius 2 is 2.06 bits per heavy atom. The summed E-state index contributed by atoms with van der Waals surface area (Å²) in [5.74, 6) is 0.0330. The van der Waals surface area contributed by atoms with Crippen molar-refractivity contribution in [1.29, 1.82) is 0 Å². The van der Waals surface area contributed by atoms with Crippen LogP contribution in [0.4, 0.5) is 0 Å². The van der Waals surface area contributed by atoms with Crippen molar-refractivity contribution in [1.82, 2.24) is 5.32 Å². The Balaban J connectivity index is 1.80. The van der Waals surface area contributed by atoms with Crippen molar-refractivity contribution >= 4 is 5.91 Å². The van der Waals surface area contributed by atoms with Gasteiger partial charge in [-0.3, -0.25) is 4.79 Å². The van der Waals surface area contributed by atoms with Gasteiger partial charge in [-0.15, -0.1) is 0 Å². The molecule has 1 unspecified atom stereocenters. The molecule has 1 saturated carbocycles. The largest absolute Gasteiger partial charge is 0.385 e. The zero-order valence-corrected chi connectivity index (χ0v) is 10.7. The monoisotopic (exact) mass is 245 g/mol. The number of carbonyl (C=O) groups excluding carboxylic acids is 1. The summed E-state index contributed by atoms with van der Waals surface area (Å²) in [6.45, 7) is 1.56. The van der Waals surface area contributed by atoms with Gasteiger partial charge in [-0.1, -0.05) is 18.2 Å². The second-order valence-electron chi connectivity index (χ2n) is 5.67. The van der Waals surface area contributed by atoms with Crippen LogP contribution in [0.3, 0.4) is 0 Å². The van der Waals surface area contributed by atoms with Gasteiger partial charge < -0.3 is 10.4 Å². The molecule has 3 heteroatoms. The molecule has 18 heavy (non-hydrogen) atoms. The lowest BCUT2D eigenvalue weighted by atomic mass is 9.74. The van der Waals surface area contributed by atoms with E-state index in [1.807, 2.05) is 6.07 Å². The van der Waals surface area contributed by atoms with E-state index in [2.05, 4.69) is 17.4 Å². The summed E-state index contributed by atoms with van der Waals surface area (Å²) in [7, 11) is 0. The number of hydrogen-bond donors (Lipinski definition) is 2. The molecule has 1 aromatic carbocycles. The predicted molar refractivity (Wildman–Crippen MR) is 69.2 cm³/mol. The van der Waals surface area contributed by atoms with Crippen molar-refractivity contribution in [3.05, 3.63) is 34.9 Å². The van der Waals surface area contributed by atoms with Crippen molar-refractivity contribution < 1.29 is 9.90 Å². The Bertz CT molecular complexity index is 491. The molecule has 2 aliphatic rings. The quantitative estimate of drug-likeness (QED) is 0.832. The molecule has 3 nitrogen and oxygen atoms in total. The average Bonchev–Trinajstić information content (AvgIpc) is 2.65. The number of benzene rings is 1. The van der Waals surface area contributed by atoms with Crippen LogP contribution in [0.15, 0.2) is 18.2 Å². The highest BCUT2D eigenvalue weighted by Crippen LogP contribution is 2.42. The first-order valence-corrected chi connectivity index (χ1v) is 6.69. The van der Waals surface area contributed by atoms with Gasteiger partial charge in [0.25, 0.3) is 0 Å². The van der Waals surface area contributed by atoms with Gasteiger partial charge in [0, 0.05) is 13.0 Å². The van der Waals surface area contributed by atoms with Crippen LogP contribution in [0.5, 0.6) is 0 Å². The molecule has 1 amide bonds. The van der Waals surface area contributed by atoms with E-state index in [1.165, 1.54) is 11.1 Å². The Kier molecular flexibility index (Phi) is 2.67. The number of nitrogens with one attached hydrogen (secondary N) is 1. The Morgan fingerprint density at radius 3 is 2.67 bits per heavy atom.